The van der Waals surface area contributed by atoms with E-state index < -0.39 is 9.84 Å². The van der Waals surface area contributed by atoms with Crippen LogP contribution in [-0.2, 0) is 30.6 Å². The van der Waals surface area contributed by atoms with E-state index in [2.05, 4.69) is 21.2 Å². The molecule has 0 fully saturated rings. The van der Waals surface area contributed by atoms with Gasteiger partial charge in [-0.3, -0.25) is 9.59 Å². The number of carbonyl (C=O) groups is 2. The Morgan fingerprint density at radius 3 is 2.71 bits per heavy atom. The van der Waals surface area contributed by atoms with Crippen molar-refractivity contribution in [3.63, 3.8) is 0 Å². The topological polar surface area (TPSA) is 92.8 Å². The van der Waals surface area contributed by atoms with E-state index in [1.54, 1.807) is 11.8 Å². The number of hydrogen-bond acceptors (Lipinski definition) is 5. The summed E-state index contributed by atoms with van der Waals surface area (Å²) in [7, 11) is -3.73. The van der Waals surface area contributed by atoms with Gasteiger partial charge in [-0.1, -0.05) is 22.9 Å². The summed E-state index contributed by atoms with van der Waals surface area (Å²) in [5.74, 6) is -0.723. The van der Waals surface area contributed by atoms with E-state index in [-0.39, 0.29) is 28.9 Å². The SMILES string of the molecule is CCOCCCNC(=O)CCS(=O)(=O)c1cc(Br)cc2c1N(C(=O)CC)CC2. The Balaban J connectivity index is 2.09. The van der Waals surface area contributed by atoms with Gasteiger partial charge in [0.05, 0.1) is 16.3 Å². The van der Waals surface area contributed by atoms with Crippen LogP contribution in [0.3, 0.4) is 0 Å². The average molecular weight is 475 g/mol. The van der Waals surface area contributed by atoms with Gasteiger partial charge in [-0.2, -0.15) is 0 Å². The summed E-state index contributed by atoms with van der Waals surface area (Å²) in [5, 5.41) is 2.71. The van der Waals surface area contributed by atoms with Gasteiger partial charge in [0.25, 0.3) is 0 Å². The number of amides is 2. The third-order valence-corrected chi connectivity index (χ3v) is 6.70. The Hall–Kier alpha value is -1.45. The van der Waals surface area contributed by atoms with Crippen molar-refractivity contribution in [1.29, 1.82) is 0 Å². The Morgan fingerprint density at radius 2 is 2.04 bits per heavy atom. The smallest absolute Gasteiger partial charge is 0.226 e. The molecule has 1 N–H and O–H groups in total. The molecular weight excluding hydrogens is 448 g/mol. The van der Waals surface area contributed by atoms with Crippen LogP contribution in [0.25, 0.3) is 0 Å². The number of halogens is 1. The number of carbonyl (C=O) groups excluding carboxylic acids is 2. The molecule has 1 heterocycles. The fourth-order valence-corrected chi connectivity index (χ4v) is 5.29. The first-order valence-electron chi connectivity index (χ1n) is 9.50. The van der Waals surface area contributed by atoms with Crippen LogP contribution in [0.4, 0.5) is 5.69 Å². The van der Waals surface area contributed by atoms with Crippen LogP contribution < -0.4 is 10.2 Å². The van der Waals surface area contributed by atoms with Crippen molar-refractivity contribution in [2.45, 2.75) is 44.4 Å². The molecule has 0 atom stereocenters. The van der Waals surface area contributed by atoms with Gasteiger partial charge in [0, 0.05) is 43.6 Å². The van der Waals surface area contributed by atoms with Crippen LogP contribution in [0.1, 0.15) is 38.7 Å². The van der Waals surface area contributed by atoms with E-state index in [9.17, 15) is 18.0 Å². The van der Waals surface area contributed by atoms with Gasteiger partial charge >= 0.3 is 0 Å². The molecule has 0 aliphatic carbocycles. The highest BCUT2D eigenvalue weighted by Gasteiger charge is 2.32. The largest absolute Gasteiger partial charge is 0.382 e. The highest BCUT2D eigenvalue weighted by atomic mass is 79.9. The minimum Gasteiger partial charge on any atom is -0.382 e. The van der Waals surface area contributed by atoms with Crippen LogP contribution in [0.15, 0.2) is 21.5 Å². The molecule has 0 spiro atoms. The molecule has 156 valence electrons. The number of nitrogens with one attached hydrogen (secondary N) is 1. The third kappa shape index (κ3) is 5.78. The summed E-state index contributed by atoms with van der Waals surface area (Å²) in [6.45, 7) is 5.76. The first kappa shape index (κ1) is 22.8. The van der Waals surface area contributed by atoms with Gasteiger partial charge in [-0.15, -0.1) is 0 Å². The van der Waals surface area contributed by atoms with Crippen molar-refractivity contribution < 1.29 is 22.7 Å². The number of benzene rings is 1. The fraction of sp³-hybridized carbons (Fsp3) is 0.579. The van der Waals surface area contributed by atoms with Crippen LogP contribution in [0, 0.1) is 0 Å². The summed E-state index contributed by atoms with van der Waals surface area (Å²) in [6, 6.07) is 3.37. The number of fused-ring (bicyclic) bond motifs is 1. The van der Waals surface area contributed by atoms with Gasteiger partial charge in [0.2, 0.25) is 11.8 Å². The molecule has 0 saturated heterocycles. The molecule has 1 aromatic carbocycles. The first-order valence-corrected chi connectivity index (χ1v) is 11.9. The summed E-state index contributed by atoms with van der Waals surface area (Å²) >= 11 is 3.36. The Kier molecular flexibility index (Phi) is 8.45. The van der Waals surface area contributed by atoms with Gasteiger partial charge in [0.1, 0.15) is 0 Å². The maximum Gasteiger partial charge on any atom is 0.226 e. The molecule has 0 saturated carbocycles. The Morgan fingerprint density at radius 1 is 1.29 bits per heavy atom. The van der Waals surface area contributed by atoms with Crippen molar-refractivity contribution >= 4 is 43.3 Å². The van der Waals surface area contributed by atoms with E-state index in [1.165, 1.54) is 6.07 Å². The Labute approximate surface area is 174 Å². The zero-order valence-corrected chi connectivity index (χ0v) is 18.7. The molecule has 0 radical (unpaired) electrons. The molecule has 9 heteroatoms. The van der Waals surface area contributed by atoms with E-state index >= 15 is 0 Å². The van der Waals surface area contributed by atoms with Crippen molar-refractivity contribution in [1.82, 2.24) is 5.32 Å². The van der Waals surface area contributed by atoms with Crippen LogP contribution in [0.5, 0.6) is 0 Å². The van der Waals surface area contributed by atoms with Crippen molar-refractivity contribution in [2.24, 2.45) is 0 Å². The van der Waals surface area contributed by atoms with Gasteiger partial charge < -0.3 is 15.0 Å². The summed E-state index contributed by atoms with van der Waals surface area (Å²) < 4.78 is 31.8. The van der Waals surface area contributed by atoms with E-state index in [0.717, 1.165) is 5.56 Å². The van der Waals surface area contributed by atoms with E-state index in [1.807, 2.05) is 13.0 Å². The predicted molar refractivity (Wildman–Crippen MR) is 111 cm³/mol. The van der Waals surface area contributed by atoms with Crippen LogP contribution >= 0.6 is 15.9 Å². The second kappa shape index (κ2) is 10.4. The van der Waals surface area contributed by atoms with Gasteiger partial charge in [-0.25, -0.2) is 8.42 Å². The van der Waals surface area contributed by atoms with Crippen LogP contribution in [-0.4, -0.2) is 52.3 Å². The molecule has 2 amide bonds. The molecule has 1 aliphatic rings. The van der Waals surface area contributed by atoms with Gasteiger partial charge in [0.15, 0.2) is 9.84 Å². The lowest BCUT2D eigenvalue weighted by Crippen LogP contribution is -2.30. The highest BCUT2D eigenvalue weighted by Crippen LogP contribution is 2.38. The maximum atomic E-state index is 13.0. The lowest BCUT2D eigenvalue weighted by molar-refractivity contribution is -0.121. The lowest BCUT2D eigenvalue weighted by atomic mass is 10.2. The standard InChI is InChI=1S/C19H27BrN2O5S/c1-3-18(24)22-9-6-14-12-15(20)13-16(19(14)22)28(25,26)11-7-17(23)21-8-5-10-27-4-2/h12-13H,3-11H2,1-2H3,(H,21,23). The average Bonchev–Trinajstić information content (AvgIpc) is 3.08. The second-order valence-electron chi connectivity index (χ2n) is 6.53. The third-order valence-electron chi connectivity index (χ3n) is 4.52. The predicted octanol–water partition coefficient (Wildman–Crippen LogP) is 2.45. The van der Waals surface area contributed by atoms with Crippen LogP contribution in [0.2, 0.25) is 0 Å². The normalized spacial score (nSPS) is 13.5. The monoisotopic (exact) mass is 474 g/mol. The van der Waals surface area contributed by atoms with Crippen molar-refractivity contribution in [3.8, 4) is 0 Å². The molecule has 0 bridgehead atoms. The fourth-order valence-electron chi connectivity index (χ4n) is 3.12. The van der Waals surface area contributed by atoms with Crippen molar-refractivity contribution in [2.75, 3.05) is 37.0 Å². The summed E-state index contributed by atoms with van der Waals surface area (Å²) in [4.78, 5) is 25.9. The number of nitrogens with zero attached hydrogens (tertiary/aromatic N) is 1. The molecule has 0 aromatic heterocycles. The Bertz CT molecular complexity index is 826. The number of rotatable bonds is 10. The molecule has 7 nitrogen and oxygen atoms in total. The summed E-state index contributed by atoms with van der Waals surface area (Å²) in [6.07, 6.45) is 1.47. The van der Waals surface area contributed by atoms with Gasteiger partial charge in [-0.05, 0) is 37.5 Å². The number of anilines is 1. The first-order chi connectivity index (χ1) is 13.3. The van der Waals surface area contributed by atoms with E-state index in [4.69, 9.17) is 4.74 Å². The number of ether oxygens (including phenoxy) is 1. The quantitative estimate of drug-likeness (QED) is 0.525. The minimum atomic E-state index is -3.73. The number of sulfone groups is 1. The second-order valence-corrected chi connectivity index (χ2v) is 9.52. The maximum absolute atomic E-state index is 13.0. The minimum absolute atomic E-state index is 0.107. The van der Waals surface area contributed by atoms with Crippen molar-refractivity contribution in [3.05, 3.63) is 22.2 Å². The summed E-state index contributed by atoms with van der Waals surface area (Å²) in [5.41, 5.74) is 1.29. The van der Waals surface area contributed by atoms with E-state index in [0.29, 0.717) is 55.7 Å². The molecule has 1 aliphatic heterocycles. The number of hydrogen-bond donors (Lipinski definition) is 1. The zero-order valence-electron chi connectivity index (χ0n) is 16.3. The molecular formula is C19H27BrN2O5S. The zero-order chi connectivity index (χ0) is 20.7. The molecule has 2 rings (SSSR count). The molecule has 1 aromatic rings. The lowest BCUT2D eigenvalue weighted by Gasteiger charge is -2.20. The highest BCUT2D eigenvalue weighted by molar-refractivity contribution is 9.10. The molecule has 0 unspecified atom stereocenters. The molecule has 28 heavy (non-hydrogen) atoms.